The van der Waals surface area contributed by atoms with Crippen molar-refractivity contribution in [2.24, 2.45) is 0 Å². The molecule has 1 saturated heterocycles. The number of imidazole rings is 1. The third-order valence-electron chi connectivity index (χ3n) is 5.26. The fourth-order valence-corrected chi connectivity index (χ4v) is 3.85. The number of nitrogens with zero attached hydrogens (tertiary/aromatic N) is 3. The molecule has 0 atom stereocenters. The number of hydrogen-bond acceptors (Lipinski definition) is 4. The number of para-hydroxylation sites is 1. The van der Waals surface area contributed by atoms with Crippen LogP contribution in [0, 0.1) is 0 Å². The maximum absolute atomic E-state index is 6.11. The van der Waals surface area contributed by atoms with Crippen molar-refractivity contribution in [1.82, 2.24) is 14.3 Å². The molecule has 0 N–H and O–H groups in total. The standard InChI is InChI=1S/C24H22ClN3O2/c25-19-8-6-18(7-9-19)24-22(17-27-12-14-29-15-13-27)28-16-21(10-11-23(28)26-24)30-20-4-2-1-3-5-20/h1-11,16H,12-15,17H2. The minimum Gasteiger partial charge on any atom is -0.456 e. The van der Waals surface area contributed by atoms with Gasteiger partial charge in [-0.25, -0.2) is 4.98 Å². The summed E-state index contributed by atoms with van der Waals surface area (Å²) in [4.78, 5) is 7.33. The Kier molecular flexibility index (Phi) is 5.41. The fraction of sp³-hybridized carbons (Fsp3) is 0.208. The summed E-state index contributed by atoms with van der Waals surface area (Å²) in [5.74, 6) is 1.58. The van der Waals surface area contributed by atoms with E-state index in [-0.39, 0.29) is 0 Å². The normalized spacial score (nSPS) is 14.8. The molecule has 1 fully saturated rings. The summed E-state index contributed by atoms with van der Waals surface area (Å²) in [5, 5.41) is 0.718. The molecule has 30 heavy (non-hydrogen) atoms. The van der Waals surface area contributed by atoms with Crippen LogP contribution in [0.2, 0.25) is 5.02 Å². The Hall–Kier alpha value is -2.86. The van der Waals surface area contributed by atoms with E-state index < -0.39 is 0 Å². The van der Waals surface area contributed by atoms with Crippen LogP contribution in [-0.2, 0) is 11.3 Å². The van der Waals surface area contributed by atoms with Crippen molar-refractivity contribution < 1.29 is 9.47 Å². The Labute approximate surface area is 180 Å². The van der Waals surface area contributed by atoms with Gasteiger partial charge in [-0.3, -0.25) is 9.30 Å². The van der Waals surface area contributed by atoms with Crippen molar-refractivity contribution in [2.45, 2.75) is 6.54 Å². The van der Waals surface area contributed by atoms with Crippen molar-refractivity contribution in [1.29, 1.82) is 0 Å². The molecule has 5 rings (SSSR count). The molecule has 152 valence electrons. The second-order valence-electron chi connectivity index (χ2n) is 7.31. The van der Waals surface area contributed by atoms with Gasteiger partial charge in [-0.2, -0.15) is 0 Å². The zero-order chi connectivity index (χ0) is 20.3. The lowest BCUT2D eigenvalue weighted by molar-refractivity contribution is 0.0336. The summed E-state index contributed by atoms with van der Waals surface area (Å²) in [6.45, 7) is 4.13. The Morgan fingerprint density at radius 3 is 2.43 bits per heavy atom. The number of aromatic nitrogens is 2. The van der Waals surface area contributed by atoms with E-state index in [1.807, 2.05) is 72.9 Å². The van der Waals surface area contributed by atoms with Crippen LogP contribution in [0.1, 0.15) is 5.69 Å². The molecule has 2 aromatic carbocycles. The van der Waals surface area contributed by atoms with Crippen LogP contribution in [0.3, 0.4) is 0 Å². The SMILES string of the molecule is Clc1ccc(-c2nc3ccc(Oc4ccccc4)cn3c2CN2CCOCC2)cc1. The van der Waals surface area contributed by atoms with Gasteiger partial charge in [-0.05, 0) is 36.4 Å². The van der Waals surface area contributed by atoms with Crippen molar-refractivity contribution >= 4 is 17.2 Å². The molecule has 0 spiro atoms. The van der Waals surface area contributed by atoms with Gasteiger partial charge in [0.05, 0.1) is 30.8 Å². The summed E-state index contributed by atoms with van der Waals surface area (Å²) in [6, 6.07) is 21.6. The number of halogens is 1. The Morgan fingerprint density at radius 1 is 0.900 bits per heavy atom. The lowest BCUT2D eigenvalue weighted by atomic mass is 10.1. The van der Waals surface area contributed by atoms with E-state index in [1.54, 1.807) is 0 Å². The zero-order valence-electron chi connectivity index (χ0n) is 16.5. The lowest BCUT2D eigenvalue weighted by Crippen LogP contribution is -2.36. The number of ether oxygens (including phenoxy) is 2. The number of hydrogen-bond donors (Lipinski definition) is 0. The van der Waals surface area contributed by atoms with E-state index in [0.29, 0.717) is 0 Å². The monoisotopic (exact) mass is 419 g/mol. The predicted molar refractivity (Wildman–Crippen MR) is 118 cm³/mol. The van der Waals surface area contributed by atoms with Crippen LogP contribution < -0.4 is 4.74 Å². The molecule has 0 unspecified atom stereocenters. The summed E-state index contributed by atoms with van der Waals surface area (Å²) in [6.07, 6.45) is 2.02. The molecule has 3 heterocycles. The zero-order valence-corrected chi connectivity index (χ0v) is 17.3. The van der Waals surface area contributed by atoms with E-state index >= 15 is 0 Å². The smallest absolute Gasteiger partial charge is 0.144 e. The number of benzene rings is 2. The molecule has 0 aliphatic carbocycles. The predicted octanol–water partition coefficient (Wildman–Crippen LogP) is 5.28. The van der Waals surface area contributed by atoms with Crippen molar-refractivity contribution in [2.75, 3.05) is 26.3 Å². The van der Waals surface area contributed by atoms with Crippen LogP contribution >= 0.6 is 11.6 Å². The molecule has 1 aliphatic heterocycles. The molecule has 6 heteroatoms. The topological polar surface area (TPSA) is 39.0 Å². The summed E-state index contributed by atoms with van der Waals surface area (Å²) >= 11 is 6.11. The van der Waals surface area contributed by atoms with E-state index in [0.717, 1.165) is 72.0 Å². The second kappa shape index (κ2) is 8.48. The van der Waals surface area contributed by atoms with Crippen LogP contribution in [0.25, 0.3) is 16.9 Å². The van der Waals surface area contributed by atoms with Gasteiger partial charge in [0.15, 0.2) is 0 Å². The quantitative estimate of drug-likeness (QED) is 0.441. The van der Waals surface area contributed by atoms with Crippen LogP contribution in [-0.4, -0.2) is 40.6 Å². The van der Waals surface area contributed by atoms with Gasteiger partial charge in [0.2, 0.25) is 0 Å². The first kappa shape index (κ1) is 19.1. The van der Waals surface area contributed by atoms with E-state index in [2.05, 4.69) is 9.30 Å². The van der Waals surface area contributed by atoms with Gasteiger partial charge in [-0.1, -0.05) is 41.9 Å². The van der Waals surface area contributed by atoms with Crippen LogP contribution in [0.4, 0.5) is 0 Å². The molecule has 5 nitrogen and oxygen atoms in total. The Morgan fingerprint density at radius 2 is 1.67 bits per heavy atom. The molecule has 0 bridgehead atoms. The largest absolute Gasteiger partial charge is 0.456 e. The number of pyridine rings is 1. The maximum Gasteiger partial charge on any atom is 0.144 e. The van der Waals surface area contributed by atoms with Gasteiger partial charge < -0.3 is 9.47 Å². The highest BCUT2D eigenvalue weighted by molar-refractivity contribution is 6.30. The number of morpholine rings is 1. The summed E-state index contributed by atoms with van der Waals surface area (Å²) in [5.41, 5.74) is 4.04. The first-order valence-corrected chi connectivity index (χ1v) is 10.4. The third kappa shape index (κ3) is 4.05. The number of rotatable bonds is 5. The highest BCUT2D eigenvalue weighted by atomic mass is 35.5. The lowest BCUT2D eigenvalue weighted by Gasteiger charge is -2.26. The first-order valence-electron chi connectivity index (χ1n) is 10.1. The van der Waals surface area contributed by atoms with Gasteiger partial charge in [0.25, 0.3) is 0 Å². The third-order valence-corrected chi connectivity index (χ3v) is 5.52. The Bertz CT molecular complexity index is 1140. The van der Waals surface area contributed by atoms with E-state index in [1.165, 1.54) is 0 Å². The molecule has 4 aromatic rings. The van der Waals surface area contributed by atoms with Crippen molar-refractivity contribution in [3.8, 4) is 22.8 Å². The van der Waals surface area contributed by atoms with E-state index in [9.17, 15) is 0 Å². The van der Waals surface area contributed by atoms with Crippen LogP contribution in [0.5, 0.6) is 11.5 Å². The Balaban J connectivity index is 1.57. The van der Waals surface area contributed by atoms with E-state index in [4.69, 9.17) is 26.1 Å². The molecular weight excluding hydrogens is 398 g/mol. The first-order chi connectivity index (χ1) is 14.8. The highest BCUT2D eigenvalue weighted by Gasteiger charge is 2.19. The fourth-order valence-electron chi connectivity index (χ4n) is 3.72. The van der Waals surface area contributed by atoms with Crippen LogP contribution in [0.15, 0.2) is 72.9 Å². The maximum atomic E-state index is 6.11. The average molecular weight is 420 g/mol. The second-order valence-corrected chi connectivity index (χ2v) is 7.75. The summed E-state index contributed by atoms with van der Waals surface area (Å²) in [7, 11) is 0. The van der Waals surface area contributed by atoms with Gasteiger partial charge >= 0.3 is 0 Å². The van der Waals surface area contributed by atoms with Gasteiger partial charge in [-0.15, -0.1) is 0 Å². The molecule has 2 aromatic heterocycles. The molecule has 0 saturated carbocycles. The molecule has 0 amide bonds. The van der Waals surface area contributed by atoms with Crippen molar-refractivity contribution in [3.05, 3.63) is 83.6 Å². The minimum absolute atomic E-state index is 0.718. The van der Waals surface area contributed by atoms with Crippen molar-refractivity contribution in [3.63, 3.8) is 0 Å². The molecular formula is C24H22ClN3O2. The van der Waals surface area contributed by atoms with Gasteiger partial charge in [0.1, 0.15) is 17.1 Å². The average Bonchev–Trinajstić information content (AvgIpc) is 3.13. The highest BCUT2D eigenvalue weighted by Crippen LogP contribution is 2.29. The molecule has 1 aliphatic rings. The van der Waals surface area contributed by atoms with Gasteiger partial charge in [0, 0.05) is 30.2 Å². The minimum atomic E-state index is 0.718. The summed E-state index contributed by atoms with van der Waals surface area (Å²) < 4.78 is 13.7. The number of fused-ring (bicyclic) bond motifs is 1. The molecule has 0 radical (unpaired) electrons.